The van der Waals surface area contributed by atoms with Crippen LogP contribution in [0.1, 0.15) is 19.7 Å². The number of hydrogen-bond acceptors (Lipinski definition) is 4. The highest BCUT2D eigenvalue weighted by Crippen LogP contribution is 2.13. The highest BCUT2D eigenvalue weighted by Gasteiger charge is 2.12. The van der Waals surface area contributed by atoms with Crippen molar-refractivity contribution in [2.75, 3.05) is 13.6 Å². The van der Waals surface area contributed by atoms with Crippen LogP contribution in [0.2, 0.25) is 0 Å². The van der Waals surface area contributed by atoms with Crippen LogP contribution in [0.3, 0.4) is 0 Å². The molecule has 0 saturated heterocycles. The van der Waals surface area contributed by atoms with Crippen LogP contribution in [0.15, 0.2) is 41.3 Å². The first kappa shape index (κ1) is 15.4. The maximum Gasteiger partial charge on any atom is 0.262 e. The zero-order chi connectivity index (χ0) is 16.4. The minimum atomic E-state index is -0.148. The number of aromatic amines is 1. The lowest BCUT2D eigenvalue weighted by molar-refractivity contribution is 0.282. The number of para-hydroxylation sites is 1. The number of benzene rings is 1. The summed E-state index contributed by atoms with van der Waals surface area (Å²) in [7, 11) is 2.03. The third-order valence-electron chi connectivity index (χ3n) is 3.58. The standard InChI is InChI=1S/C17H21N5O/c1-12(2)10-21(3)11-15-19-16-14(17(23)20-15)9-18-22(16)13-7-5-4-6-8-13/h4-9,12H,10-11H2,1-3H3,(H,19,20,23). The van der Waals surface area contributed by atoms with Crippen LogP contribution in [-0.2, 0) is 6.54 Å². The Bertz CT molecular complexity index is 850. The first-order valence-electron chi connectivity index (χ1n) is 7.75. The van der Waals surface area contributed by atoms with E-state index in [2.05, 4.69) is 33.8 Å². The summed E-state index contributed by atoms with van der Waals surface area (Å²) < 4.78 is 1.70. The van der Waals surface area contributed by atoms with Gasteiger partial charge < -0.3 is 4.98 Å². The molecule has 0 bridgehead atoms. The van der Waals surface area contributed by atoms with Gasteiger partial charge >= 0.3 is 0 Å². The fourth-order valence-corrected chi connectivity index (χ4v) is 2.74. The van der Waals surface area contributed by atoms with E-state index in [1.54, 1.807) is 10.9 Å². The van der Waals surface area contributed by atoms with Crippen LogP contribution < -0.4 is 5.56 Å². The number of hydrogen-bond donors (Lipinski definition) is 1. The molecule has 6 nitrogen and oxygen atoms in total. The lowest BCUT2D eigenvalue weighted by atomic mass is 10.2. The van der Waals surface area contributed by atoms with Crippen molar-refractivity contribution in [2.45, 2.75) is 20.4 Å². The maximum absolute atomic E-state index is 12.3. The number of nitrogens with one attached hydrogen (secondary N) is 1. The van der Waals surface area contributed by atoms with E-state index in [9.17, 15) is 4.79 Å². The third-order valence-corrected chi connectivity index (χ3v) is 3.58. The Kier molecular flexibility index (Phi) is 4.25. The molecule has 0 fully saturated rings. The lowest BCUT2D eigenvalue weighted by Crippen LogP contribution is -2.25. The van der Waals surface area contributed by atoms with Crippen LogP contribution in [0.4, 0.5) is 0 Å². The molecular formula is C17H21N5O. The average molecular weight is 311 g/mol. The van der Waals surface area contributed by atoms with E-state index >= 15 is 0 Å². The van der Waals surface area contributed by atoms with Gasteiger partial charge in [-0.2, -0.15) is 5.10 Å². The minimum Gasteiger partial charge on any atom is -0.309 e. The SMILES string of the molecule is CC(C)CN(C)Cc1nc2c(cnn2-c2ccccc2)c(=O)[nH]1. The summed E-state index contributed by atoms with van der Waals surface area (Å²) in [4.78, 5) is 21.9. The highest BCUT2D eigenvalue weighted by atomic mass is 16.1. The van der Waals surface area contributed by atoms with E-state index in [-0.39, 0.29) is 5.56 Å². The Morgan fingerprint density at radius 3 is 2.70 bits per heavy atom. The molecule has 6 heteroatoms. The molecule has 3 rings (SSSR count). The van der Waals surface area contributed by atoms with Gasteiger partial charge in [0.05, 0.1) is 18.4 Å². The van der Waals surface area contributed by atoms with Crippen LogP contribution in [0, 0.1) is 5.92 Å². The van der Waals surface area contributed by atoms with E-state index < -0.39 is 0 Å². The molecule has 0 aliphatic heterocycles. The average Bonchev–Trinajstić information content (AvgIpc) is 2.91. The predicted molar refractivity (Wildman–Crippen MR) is 90.7 cm³/mol. The summed E-state index contributed by atoms with van der Waals surface area (Å²) in [6.07, 6.45) is 1.57. The molecule has 1 aromatic carbocycles. The monoisotopic (exact) mass is 311 g/mol. The van der Waals surface area contributed by atoms with E-state index in [4.69, 9.17) is 0 Å². The Morgan fingerprint density at radius 2 is 2.00 bits per heavy atom. The van der Waals surface area contributed by atoms with Gasteiger partial charge in [0.2, 0.25) is 0 Å². The van der Waals surface area contributed by atoms with Crippen molar-refractivity contribution < 1.29 is 0 Å². The second kappa shape index (κ2) is 6.34. The fraction of sp³-hybridized carbons (Fsp3) is 0.353. The van der Waals surface area contributed by atoms with Crippen molar-refractivity contribution in [3.05, 3.63) is 52.7 Å². The summed E-state index contributed by atoms with van der Waals surface area (Å²) in [6.45, 7) is 5.88. The summed E-state index contributed by atoms with van der Waals surface area (Å²) >= 11 is 0. The van der Waals surface area contributed by atoms with Crippen molar-refractivity contribution >= 4 is 11.0 Å². The van der Waals surface area contributed by atoms with Crippen LogP contribution >= 0.6 is 0 Å². The molecule has 0 atom stereocenters. The van der Waals surface area contributed by atoms with E-state index in [0.717, 1.165) is 12.2 Å². The zero-order valence-electron chi connectivity index (χ0n) is 13.7. The van der Waals surface area contributed by atoms with Gasteiger partial charge in [-0.3, -0.25) is 9.69 Å². The van der Waals surface area contributed by atoms with Gasteiger partial charge in [0.25, 0.3) is 5.56 Å². The quantitative estimate of drug-likeness (QED) is 0.784. The van der Waals surface area contributed by atoms with Crippen molar-refractivity contribution in [2.24, 2.45) is 5.92 Å². The summed E-state index contributed by atoms with van der Waals surface area (Å²) in [5.41, 5.74) is 1.33. The normalized spacial score (nSPS) is 11.7. The Morgan fingerprint density at radius 1 is 1.26 bits per heavy atom. The van der Waals surface area contributed by atoms with E-state index in [0.29, 0.717) is 29.3 Å². The van der Waals surface area contributed by atoms with Crippen molar-refractivity contribution in [1.29, 1.82) is 0 Å². The third kappa shape index (κ3) is 3.32. The molecule has 0 spiro atoms. The summed E-state index contributed by atoms with van der Waals surface area (Å²) in [6, 6.07) is 9.71. The molecule has 0 unspecified atom stereocenters. The molecule has 0 saturated carbocycles. The maximum atomic E-state index is 12.3. The van der Waals surface area contributed by atoms with E-state index in [1.807, 2.05) is 37.4 Å². The van der Waals surface area contributed by atoms with Gasteiger partial charge in [0.15, 0.2) is 5.65 Å². The number of aromatic nitrogens is 4. The smallest absolute Gasteiger partial charge is 0.262 e. The van der Waals surface area contributed by atoms with Gasteiger partial charge in [0.1, 0.15) is 11.2 Å². The predicted octanol–water partition coefficient (Wildman–Crippen LogP) is 2.20. The van der Waals surface area contributed by atoms with Crippen molar-refractivity contribution in [3.8, 4) is 5.69 Å². The first-order valence-corrected chi connectivity index (χ1v) is 7.75. The second-order valence-electron chi connectivity index (χ2n) is 6.23. The fourth-order valence-electron chi connectivity index (χ4n) is 2.74. The van der Waals surface area contributed by atoms with Crippen LogP contribution in [-0.4, -0.2) is 38.2 Å². The lowest BCUT2D eigenvalue weighted by Gasteiger charge is -2.18. The molecule has 0 amide bonds. The van der Waals surface area contributed by atoms with Gasteiger partial charge in [-0.1, -0.05) is 32.0 Å². The number of H-pyrrole nitrogens is 1. The topological polar surface area (TPSA) is 66.8 Å². The Labute approximate surface area is 134 Å². The van der Waals surface area contributed by atoms with Gasteiger partial charge in [-0.05, 0) is 25.1 Å². The van der Waals surface area contributed by atoms with E-state index in [1.165, 1.54) is 0 Å². The van der Waals surface area contributed by atoms with Gasteiger partial charge in [0, 0.05) is 6.54 Å². The Balaban J connectivity index is 2.01. The molecule has 120 valence electrons. The van der Waals surface area contributed by atoms with Crippen LogP contribution in [0.25, 0.3) is 16.7 Å². The van der Waals surface area contributed by atoms with Crippen molar-refractivity contribution in [3.63, 3.8) is 0 Å². The molecular weight excluding hydrogens is 290 g/mol. The van der Waals surface area contributed by atoms with Gasteiger partial charge in [-0.25, -0.2) is 9.67 Å². The second-order valence-corrected chi connectivity index (χ2v) is 6.23. The molecule has 2 aromatic heterocycles. The molecule has 2 heterocycles. The molecule has 0 aliphatic rings. The minimum absolute atomic E-state index is 0.148. The molecule has 3 aromatic rings. The Hall–Kier alpha value is -2.47. The highest BCUT2D eigenvalue weighted by molar-refractivity contribution is 5.75. The molecule has 0 radical (unpaired) electrons. The van der Waals surface area contributed by atoms with Crippen molar-refractivity contribution in [1.82, 2.24) is 24.6 Å². The summed E-state index contributed by atoms with van der Waals surface area (Å²) in [5.74, 6) is 1.22. The first-order chi connectivity index (χ1) is 11.0. The molecule has 23 heavy (non-hydrogen) atoms. The molecule has 0 aliphatic carbocycles. The van der Waals surface area contributed by atoms with Gasteiger partial charge in [-0.15, -0.1) is 0 Å². The van der Waals surface area contributed by atoms with Crippen LogP contribution in [0.5, 0.6) is 0 Å². The largest absolute Gasteiger partial charge is 0.309 e. The summed E-state index contributed by atoms with van der Waals surface area (Å²) in [5, 5.41) is 4.82. The zero-order valence-corrected chi connectivity index (χ0v) is 13.7. The number of fused-ring (bicyclic) bond motifs is 1. The number of nitrogens with zero attached hydrogens (tertiary/aromatic N) is 4. The number of rotatable bonds is 5. The molecule has 1 N–H and O–H groups in total.